The van der Waals surface area contributed by atoms with Crippen LogP contribution in [0.15, 0.2) is 24.3 Å². The molecule has 0 saturated heterocycles. The van der Waals surface area contributed by atoms with Crippen molar-refractivity contribution >= 4 is 33.8 Å². The summed E-state index contributed by atoms with van der Waals surface area (Å²) >= 11 is 1.43. The van der Waals surface area contributed by atoms with Gasteiger partial charge in [-0.15, -0.1) is 24.5 Å². The molecule has 2 amide bonds. The van der Waals surface area contributed by atoms with Gasteiger partial charge in [0.2, 0.25) is 11.8 Å². The number of amides is 2. The van der Waals surface area contributed by atoms with Crippen molar-refractivity contribution in [1.82, 2.24) is 4.90 Å². The van der Waals surface area contributed by atoms with Crippen LogP contribution >= 0.6 is 11.3 Å². The van der Waals surface area contributed by atoms with Crippen LogP contribution in [0, 0.1) is 17.2 Å². The minimum Gasteiger partial charge on any atom is -0.406 e. The first-order valence-electron chi connectivity index (χ1n) is 10.2. The molecule has 1 atom stereocenters. The summed E-state index contributed by atoms with van der Waals surface area (Å²) in [4.78, 5) is 27.3. The summed E-state index contributed by atoms with van der Waals surface area (Å²) in [5.74, 6) is -0.629. The molecule has 1 aromatic carbocycles. The maximum Gasteiger partial charge on any atom is 0.573 e. The third-order valence-corrected chi connectivity index (χ3v) is 6.24. The van der Waals surface area contributed by atoms with Gasteiger partial charge in [0.1, 0.15) is 16.8 Å². The zero-order valence-corrected chi connectivity index (χ0v) is 18.9. The molecule has 0 unspecified atom stereocenters. The minimum atomic E-state index is -4.79. The molecule has 0 radical (unpaired) electrons. The molecule has 1 aromatic heterocycles. The monoisotopic (exact) mass is 480 g/mol. The SMILES string of the molecule is C[C@H]1CCc2c(sc(NC(=O)CN(C)CC(=O)Nc3ccc(OC(F)(F)F)cc3)c2C#N)C1. The number of carbonyl (C=O) groups is 2. The molecule has 0 bridgehead atoms. The van der Waals surface area contributed by atoms with Crippen LogP contribution in [-0.4, -0.2) is 43.2 Å². The first-order chi connectivity index (χ1) is 15.5. The Labute approximate surface area is 193 Å². The third kappa shape index (κ3) is 6.94. The number of alkyl halides is 3. The zero-order chi connectivity index (χ0) is 24.2. The molecule has 11 heteroatoms. The summed E-state index contributed by atoms with van der Waals surface area (Å²) in [6.45, 7) is 1.98. The Morgan fingerprint density at radius 1 is 1.21 bits per heavy atom. The number of hydrogen-bond acceptors (Lipinski definition) is 6. The predicted molar refractivity (Wildman–Crippen MR) is 118 cm³/mol. The molecular formula is C22H23F3N4O3S. The van der Waals surface area contributed by atoms with E-state index in [9.17, 15) is 28.0 Å². The number of nitriles is 1. The van der Waals surface area contributed by atoms with Gasteiger partial charge in [0.05, 0.1) is 18.7 Å². The number of benzene rings is 1. The van der Waals surface area contributed by atoms with Gasteiger partial charge in [0.25, 0.3) is 0 Å². The van der Waals surface area contributed by atoms with Gasteiger partial charge < -0.3 is 15.4 Å². The lowest BCUT2D eigenvalue weighted by atomic mass is 9.89. The fraction of sp³-hybridized carbons (Fsp3) is 0.409. The highest BCUT2D eigenvalue weighted by atomic mass is 32.1. The van der Waals surface area contributed by atoms with E-state index >= 15 is 0 Å². The molecule has 1 aliphatic carbocycles. The molecule has 0 fully saturated rings. The first-order valence-corrected chi connectivity index (χ1v) is 11.0. The van der Waals surface area contributed by atoms with Crippen molar-refractivity contribution in [2.24, 2.45) is 5.92 Å². The lowest BCUT2D eigenvalue weighted by molar-refractivity contribution is -0.274. The highest BCUT2D eigenvalue weighted by Gasteiger charge is 2.31. The van der Waals surface area contributed by atoms with Gasteiger partial charge in [0, 0.05) is 10.6 Å². The maximum absolute atomic E-state index is 12.5. The fourth-order valence-electron chi connectivity index (χ4n) is 3.61. The third-order valence-electron chi connectivity index (χ3n) is 5.08. The quantitative estimate of drug-likeness (QED) is 0.621. The van der Waals surface area contributed by atoms with Crippen molar-refractivity contribution in [2.45, 2.75) is 32.5 Å². The lowest BCUT2D eigenvalue weighted by Crippen LogP contribution is -2.36. The normalized spacial score (nSPS) is 15.5. The Hall–Kier alpha value is -3.10. The minimum absolute atomic E-state index is 0.0738. The fourth-order valence-corrected chi connectivity index (χ4v) is 4.99. The first kappa shape index (κ1) is 24.5. The van der Waals surface area contributed by atoms with Crippen LogP contribution in [0.25, 0.3) is 0 Å². The van der Waals surface area contributed by atoms with Gasteiger partial charge >= 0.3 is 6.36 Å². The summed E-state index contributed by atoms with van der Waals surface area (Å²) in [7, 11) is 1.59. The van der Waals surface area contributed by atoms with Crippen molar-refractivity contribution in [1.29, 1.82) is 5.26 Å². The lowest BCUT2D eigenvalue weighted by Gasteiger charge is -2.17. The summed E-state index contributed by atoms with van der Waals surface area (Å²) in [6, 6.07) is 6.96. The summed E-state index contributed by atoms with van der Waals surface area (Å²) in [6.07, 6.45) is -2.05. The van der Waals surface area contributed by atoms with Crippen LogP contribution in [0.1, 0.15) is 29.3 Å². The predicted octanol–water partition coefficient (Wildman–Crippen LogP) is 4.15. The molecule has 7 nitrogen and oxygen atoms in total. The Morgan fingerprint density at radius 2 is 1.85 bits per heavy atom. The van der Waals surface area contributed by atoms with Crippen molar-refractivity contribution in [2.75, 3.05) is 30.8 Å². The number of carbonyl (C=O) groups excluding carboxylic acids is 2. The average molecular weight is 481 g/mol. The van der Waals surface area contributed by atoms with Crippen LogP contribution in [0.4, 0.5) is 23.9 Å². The average Bonchev–Trinajstić information content (AvgIpc) is 3.03. The van der Waals surface area contributed by atoms with E-state index in [1.807, 2.05) is 0 Å². The van der Waals surface area contributed by atoms with E-state index < -0.39 is 18.0 Å². The number of rotatable bonds is 7. The number of nitrogens with one attached hydrogen (secondary N) is 2. The number of anilines is 2. The molecule has 0 aliphatic heterocycles. The summed E-state index contributed by atoms with van der Waals surface area (Å²) < 4.78 is 40.4. The standard InChI is InChI=1S/C22H23F3N4O3S/c1-13-3-8-16-17(10-26)21(33-18(16)9-13)28-20(31)12-29(2)11-19(30)27-14-4-6-15(7-5-14)32-22(23,24)25/h4-7,13H,3,8-9,11-12H2,1-2H3,(H,27,30)(H,28,31)/t13-/m0/s1. The number of halogens is 3. The molecule has 1 aliphatic rings. The largest absolute Gasteiger partial charge is 0.573 e. The number of fused-ring (bicyclic) bond motifs is 1. The topological polar surface area (TPSA) is 94.5 Å². The van der Waals surface area contributed by atoms with E-state index in [1.165, 1.54) is 28.4 Å². The molecule has 3 rings (SSSR count). The maximum atomic E-state index is 12.5. The zero-order valence-electron chi connectivity index (χ0n) is 18.1. The number of ether oxygens (including phenoxy) is 1. The van der Waals surface area contributed by atoms with Crippen LogP contribution in [-0.2, 0) is 22.4 Å². The number of likely N-dealkylation sites (N-methyl/N-ethyl adjacent to an activating group) is 1. The Balaban J connectivity index is 1.50. The van der Waals surface area contributed by atoms with Crippen molar-refractivity contribution in [3.8, 4) is 11.8 Å². The molecule has 0 spiro atoms. The number of hydrogen-bond donors (Lipinski definition) is 2. The second kappa shape index (κ2) is 10.2. The molecule has 2 aromatic rings. The second-order valence-corrected chi connectivity index (χ2v) is 9.11. The van der Waals surface area contributed by atoms with Crippen molar-refractivity contribution < 1.29 is 27.5 Å². The molecular weight excluding hydrogens is 457 g/mol. The van der Waals surface area contributed by atoms with E-state index in [2.05, 4.69) is 28.4 Å². The van der Waals surface area contributed by atoms with Crippen LogP contribution in [0.5, 0.6) is 5.75 Å². The Morgan fingerprint density at radius 3 is 2.45 bits per heavy atom. The molecule has 2 N–H and O–H groups in total. The highest BCUT2D eigenvalue weighted by Crippen LogP contribution is 2.39. The van der Waals surface area contributed by atoms with Gasteiger partial charge in [0.15, 0.2) is 0 Å². The van der Waals surface area contributed by atoms with E-state index in [-0.39, 0.29) is 19.0 Å². The van der Waals surface area contributed by atoms with E-state index in [1.54, 1.807) is 7.05 Å². The van der Waals surface area contributed by atoms with Gasteiger partial charge in [-0.1, -0.05) is 6.92 Å². The summed E-state index contributed by atoms with van der Waals surface area (Å²) in [5, 5.41) is 15.4. The number of nitrogens with zero attached hydrogens (tertiary/aromatic N) is 2. The van der Waals surface area contributed by atoms with Crippen molar-refractivity contribution in [3.63, 3.8) is 0 Å². The summed E-state index contributed by atoms with van der Waals surface area (Å²) in [5.41, 5.74) is 1.84. The van der Waals surface area contributed by atoms with Gasteiger partial charge in [-0.25, -0.2) is 0 Å². The molecule has 1 heterocycles. The van der Waals surface area contributed by atoms with Gasteiger partial charge in [-0.05, 0) is 62.1 Å². The van der Waals surface area contributed by atoms with Crippen LogP contribution in [0.2, 0.25) is 0 Å². The van der Waals surface area contributed by atoms with Gasteiger partial charge in [-0.3, -0.25) is 14.5 Å². The van der Waals surface area contributed by atoms with E-state index in [4.69, 9.17) is 0 Å². The second-order valence-electron chi connectivity index (χ2n) is 8.01. The highest BCUT2D eigenvalue weighted by molar-refractivity contribution is 7.16. The molecule has 33 heavy (non-hydrogen) atoms. The van der Waals surface area contributed by atoms with Crippen LogP contribution in [0.3, 0.4) is 0 Å². The van der Waals surface area contributed by atoms with Crippen molar-refractivity contribution in [3.05, 3.63) is 40.3 Å². The Kier molecular flexibility index (Phi) is 7.61. The van der Waals surface area contributed by atoms with Crippen LogP contribution < -0.4 is 15.4 Å². The molecule has 176 valence electrons. The molecule has 0 saturated carbocycles. The Bertz CT molecular complexity index is 1060. The smallest absolute Gasteiger partial charge is 0.406 e. The van der Waals surface area contributed by atoms with E-state index in [0.717, 1.165) is 41.8 Å². The van der Waals surface area contributed by atoms with Gasteiger partial charge in [-0.2, -0.15) is 5.26 Å². The van der Waals surface area contributed by atoms with E-state index in [0.29, 0.717) is 22.2 Å². The number of thiophene rings is 1.